The van der Waals surface area contributed by atoms with Crippen molar-refractivity contribution in [1.29, 1.82) is 5.26 Å². The van der Waals surface area contributed by atoms with Crippen LogP contribution in [0.15, 0.2) is 114 Å². The molecule has 1 aromatic heterocycles. The molecule has 4 aromatic carbocycles. The van der Waals surface area contributed by atoms with Crippen LogP contribution in [-0.2, 0) is 18.0 Å². The largest absolute Gasteiger partial charge is 0.485 e. The molecule has 1 fully saturated rings. The first-order chi connectivity index (χ1) is 22.1. The van der Waals surface area contributed by atoms with E-state index >= 15 is 0 Å². The van der Waals surface area contributed by atoms with Crippen LogP contribution in [0.3, 0.4) is 0 Å². The van der Waals surface area contributed by atoms with Gasteiger partial charge in [-0.1, -0.05) is 84.9 Å². The highest BCUT2D eigenvalue weighted by Gasteiger charge is 2.24. The molecule has 7 nitrogen and oxygen atoms in total. The topological polar surface area (TPSA) is 84.6 Å². The van der Waals surface area contributed by atoms with Gasteiger partial charge in [-0.05, 0) is 59.9 Å². The summed E-state index contributed by atoms with van der Waals surface area (Å²) >= 11 is 1.14. The predicted octanol–water partition coefficient (Wildman–Crippen LogP) is 5.18. The molecule has 45 heavy (non-hydrogen) atoms. The minimum atomic E-state index is -0.344. The van der Waals surface area contributed by atoms with Crippen LogP contribution in [0.1, 0.15) is 29.5 Å². The molecule has 8 heteroatoms. The monoisotopic (exact) mass is 613 g/mol. The molecule has 224 valence electrons. The molecule has 2 heterocycles. The Kier molecular flexibility index (Phi) is 9.19. The Hall–Kier alpha value is -5.39. The number of hydrogen-bond acceptors (Lipinski definition) is 6. The van der Waals surface area contributed by atoms with Crippen LogP contribution in [-0.4, -0.2) is 28.5 Å². The van der Waals surface area contributed by atoms with Crippen LogP contribution in [0, 0.1) is 11.3 Å². The molecule has 0 saturated carbocycles. The van der Waals surface area contributed by atoms with E-state index in [9.17, 15) is 14.9 Å². The van der Waals surface area contributed by atoms with Gasteiger partial charge in [0.25, 0.3) is 11.5 Å². The first-order valence-electron chi connectivity index (χ1n) is 14.8. The molecule has 6 rings (SSSR count). The predicted molar refractivity (Wildman–Crippen MR) is 176 cm³/mol. The van der Waals surface area contributed by atoms with Crippen LogP contribution in [0.2, 0.25) is 0 Å². The third-order valence-electron chi connectivity index (χ3n) is 7.51. The van der Waals surface area contributed by atoms with Crippen molar-refractivity contribution in [2.45, 2.75) is 26.1 Å². The van der Waals surface area contributed by atoms with Crippen molar-refractivity contribution >= 4 is 28.9 Å². The minimum Gasteiger partial charge on any atom is -0.485 e. The van der Waals surface area contributed by atoms with Crippen molar-refractivity contribution < 1.29 is 14.3 Å². The second kappa shape index (κ2) is 13.9. The number of aromatic nitrogens is 1. The SMILES string of the molecule is N#C/C(C(=O)N1CCCC1)=c1\s/c(=C\c2ccc(OCc3ccccc3)c(OCc3ccccc3)c2)c(=O)n1-c1ccccc1. The summed E-state index contributed by atoms with van der Waals surface area (Å²) in [4.78, 5) is 29.0. The van der Waals surface area contributed by atoms with Gasteiger partial charge < -0.3 is 14.4 Å². The van der Waals surface area contributed by atoms with Gasteiger partial charge in [-0.15, -0.1) is 11.3 Å². The first-order valence-corrected chi connectivity index (χ1v) is 15.6. The Morgan fingerprint density at radius 3 is 1.98 bits per heavy atom. The number of thiazole rings is 1. The van der Waals surface area contributed by atoms with Gasteiger partial charge in [0.15, 0.2) is 17.1 Å². The molecule has 1 aliphatic rings. The molecule has 1 amide bonds. The van der Waals surface area contributed by atoms with E-state index < -0.39 is 0 Å². The lowest BCUT2D eigenvalue weighted by Crippen LogP contribution is -2.35. The van der Waals surface area contributed by atoms with E-state index in [1.54, 1.807) is 23.1 Å². The van der Waals surface area contributed by atoms with Gasteiger partial charge >= 0.3 is 0 Å². The maximum atomic E-state index is 13.9. The Morgan fingerprint density at radius 1 is 0.800 bits per heavy atom. The molecule has 0 bridgehead atoms. The van der Waals surface area contributed by atoms with Crippen LogP contribution in [0.4, 0.5) is 0 Å². The number of nitriles is 1. The number of amides is 1. The Morgan fingerprint density at radius 2 is 1.38 bits per heavy atom. The van der Waals surface area contributed by atoms with E-state index in [1.165, 1.54) is 4.57 Å². The van der Waals surface area contributed by atoms with Gasteiger partial charge in [0, 0.05) is 13.1 Å². The lowest BCUT2D eigenvalue weighted by molar-refractivity contribution is -0.123. The lowest BCUT2D eigenvalue weighted by Gasteiger charge is -2.14. The number of para-hydroxylation sites is 1. The Labute approximate surface area is 265 Å². The van der Waals surface area contributed by atoms with Gasteiger partial charge in [-0.3, -0.25) is 14.2 Å². The zero-order valence-corrected chi connectivity index (χ0v) is 25.4. The molecule has 0 spiro atoms. The van der Waals surface area contributed by atoms with E-state index in [0.717, 1.165) is 40.9 Å². The summed E-state index contributed by atoms with van der Waals surface area (Å²) in [6, 6.07) is 36.5. The van der Waals surface area contributed by atoms with Gasteiger partial charge in [0.1, 0.15) is 23.9 Å². The number of carbonyl (C=O) groups is 1. The second-order valence-corrected chi connectivity index (χ2v) is 11.7. The van der Waals surface area contributed by atoms with E-state index in [2.05, 4.69) is 6.07 Å². The van der Waals surface area contributed by atoms with Crippen LogP contribution < -0.4 is 24.2 Å². The van der Waals surface area contributed by atoms with Crippen molar-refractivity contribution in [2.24, 2.45) is 0 Å². The Bertz CT molecular complexity index is 2010. The van der Waals surface area contributed by atoms with E-state index in [4.69, 9.17) is 9.47 Å². The van der Waals surface area contributed by atoms with Crippen LogP contribution >= 0.6 is 11.3 Å². The average molecular weight is 614 g/mol. The molecule has 0 radical (unpaired) electrons. The molecule has 0 N–H and O–H groups in total. The maximum absolute atomic E-state index is 13.9. The van der Waals surface area contributed by atoms with Gasteiger partial charge in [-0.2, -0.15) is 5.26 Å². The summed E-state index contributed by atoms with van der Waals surface area (Å²) in [5, 5.41) is 10.1. The molecule has 0 aliphatic carbocycles. The maximum Gasteiger partial charge on any atom is 0.273 e. The summed E-state index contributed by atoms with van der Waals surface area (Å²) in [7, 11) is 0. The number of nitrogens with zero attached hydrogens (tertiary/aromatic N) is 3. The van der Waals surface area contributed by atoms with Crippen molar-refractivity contribution in [2.75, 3.05) is 13.1 Å². The fraction of sp³-hybridized carbons (Fsp3) is 0.162. The smallest absolute Gasteiger partial charge is 0.273 e. The van der Waals surface area contributed by atoms with Crippen LogP contribution in [0.25, 0.3) is 17.3 Å². The quantitative estimate of drug-likeness (QED) is 0.229. The number of likely N-dealkylation sites (tertiary alicyclic amines) is 1. The van der Waals surface area contributed by atoms with E-state index in [-0.39, 0.29) is 17.0 Å². The van der Waals surface area contributed by atoms with Gasteiger partial charge in [0.2, 0.25) is 0 Å². The second-order valence-electron chi connectivity index (χ2n) is 10.6. The first kappa shape index (κ1) is 29.7. The highest BCUT2D eigenvalue weighted by molar-refractivity contribution is 7.07. The molecular weight excluding hydrogens is 582 g/mol. The Balaban J connectivity index is 1.43. The molecule has 0 unspecified atom stereocenters. The molecule has 0 atom stereocenters. The van der Waals surface area contributed by atoms with Crippen molar-refractivity contribution in [3.63, 3.8) is 0 Å². The fourth-order valence-corrected chi connectivity index (χ4v) is 6.29. The molecular formula is C37H31N3O4S. The normalized spacial score (nSPS) is 13.8. The summed E-state index contributed by atoms with van der Waals surface area (Å²) in [6.07, 6.45) is 3.57. The molecule has 5 aromatic rings. The summed E-state index contributed by atoms with van der Waals surface area (Å²) in [6.45, 7) is 1.93. The highest BCUT2D eigenvalue weighted by atomic mass is 32.1. The minimum absolute atomic E-state index is 0.0287. The van der Waals surface area contributed by atoms with Crippen molar-refractivity contribution in [1.82, 2.24) is 9.47 Å². The standard InChI is InChI=1S/C37H31N3O4S/c38-24-31(35(41)39-20-10-11-21-39)37-40(30-16-8-3-9-17-30)36(42)34(45-37)23-29-18-19-32(43-25-27-12-4-1-5-13-27)33(22-29)44-26-28-14-6-2-7-15-28/h1-9,12-19,22-23H,10-11,20-21,25-26H2/b34-23-,37-31+. The van der Waals surface area contributed by atoms with Gasteiger partial charge in [-0.25, -0.2) is 0 Å². The van der Waals surface area contributed by atoms with Gasteiger partial charge in [0.05, 0.1) is 10.2 Å². The van der Waals surface area contributed by atoms with Crippen molar-refractivity contribution in [3.8, 4) is 23.3 Å². The number of ether oxygens (including phenoxy) is 2. The van der Waals surface area contributed by atoms with Crippen molar-refractivity contribution in [3.05, 3.63) is 145 Å². The highest BCUT2D eigenvalue weighted by Crippen LogP contribution is 2.30. The zero-order chi connectivity index (χ0) is 31.0. The van der Waals surface area contributed by atoms with Crippen LogP contribution in [0.5, 0.6) is 11.5 Å². The van der Waals surface area contributed by atoms with E-state index in [1.807, 2.05) is 97.1 Å². The lowest BCUT2D eigenvalue weighted by atomic mass is 10.2. The van der Waals surface area contributed by atoms with E-state index in [0.29, 0.717) is 52.7 Å². The number of hydrogen-bond donors (Lipinski definition) is 0. The third-order valence-corrected chi connectivity index (χ3v) is 8.60. The third kappa shape index (κ3) is 6.90. The summed E-state index contributed by atoms with van der Waals surface area (Å²) in [5.74, 6) is 0.776. The summed E-state index contributed by atoms with van der Waals surface area (Å²) in [5.41, 5.74) is 3.02. The number of benzene rings is 4. The molecule has 1 saturated heterocycles. The molecule has 1 aliphatic heterocycles. The number of rotatable bonds is 9. The number of carbonyl (C=O) groups excluding carboxylic acids is 1. The fourth-order valence-electron chi connectivity index (χ4n) is 5.20. The zero-order valence-electron chi connectivity index (χ0n) is 24.6. The summed E-state index contributed by atoms with van der Waals surface area (Å²) < 4.78 is 14.6. The average Bonchev–Trinajstić information content (AvgIpc) is 3.74.